The van der Waals surface area contributed by atoms with E-state index in [2.05, 4.69) is 5.32 Å². The number of nitrogens with one attached hydrogen (secondary N) is 1. The summed E-state index contributed by atoms with van der Waals surface area (Å²) in [6.45, 7) is 1.24. The molecule has 1 aromatic carbocycles. The van der Waals surface area contributed by atoms with E-state index in [4.69, 9.17) is 21.1 Å². The number of anilines is 1. The fourth-order valence-corrected chi connectivity index (χ4v) is 6.62. The first-order valence-corrected chi connectivity index (χ1v) is 11.6. The Morgan fingerprint density at radius 2 is 1.93 bits per heavy atom. The monoisotopic (exact) mass is 442 g/mol. The second-order valence-corrected chi connectivity index (χ2v) is 10.4. The number of amides is 1. The number of hydrogen-bond acceptors (Lipinski definition) is 6. The molecule has 3 heterocycles. The highest BCUT2D eigenvalue weighted by Gasteiger charge is 2.38. The molecule has 150 valence electrons. The van der Waals surface area contributed by atoms with Gasteiger partial charge < -0.3 is 14.8 Å². The van der Waals surface area contributed by atoms with Gasteiger partial charge >= 0.3 is 0 Å². The van der Waals surface area contributed by atoms with Crippen molar-refractivity contribution in [3.05, 3.63) is 34.7 Å². The molecule has 0 aliphatic carbocycles. The lowest BCUT2D eigenvalue weighted by Crippen LogP contribution is -2.49. The highest BCUT2D eigenvalue weighted by atomic mass is 35.5. The molecule has 2 aromatic rings. The molecule has 0 spiro atoms. The van der Waals surface area contributed by atoms with Gasteiger partial charge in [-0.05, 0) is 37.1 Å². The summed E-state index contributed by atoms with van der Waals surface area (Å²) >= 11 is 6.90. The summed E-state index contributed by atoms with van der Waals surface area (Å²) in [7, 11) is -3.78. The summed E-state index contributed by atoms with van der Waals surface area (Å²) in [5.74, 6) is 0.827. The Balaban J connectivity index is 1.55. The van der Waals surface area contributed by atoms with Crippen LogP contribution in [0, 0.1) is 0 Å². The van der Waals surface area contributed by atoms with Crippen molar-refractivity contribution in [1.29, 1.82) is 0 Å². The zero-order valence-corrected chi connectivity index (χ0v) is 17.3. The van der Waals surface area contributed by atoms with Crippen molar-refractivity contribution in [2.75, 3.05) is 25.1 Å². The average Bonchev–Trinajstić information content (AvgIpc) is 3.15. The van der Waals surface area contributed by atoms with E-state index in [1.165, 1.54) is 10.4 Å². The number of benzene rings is 1. The van der Waals surface area contributed by atoms with Gasteiger partial charge in [0.05, 0.1) is 4.34 Å². The minimum atomic E-state index is -3.78. The second-order valence-electron chi connectivity index (χ2n) is 6.53. The van der Waals surface area contributed by atoms with Gasteiger partial charge in [0.1, 0.15) is 23.5 Å². The van der Waals surface area contributed by atoms with Crippen molar-refractivity contribution in [3.63, 3.8) is 0 Å². The van der Waals surface area contributed by atoms with Crippen LogP contribution in [0.1, 0.15) is 19.3 Å². The van der Waals surface area contributed by atoms with Gasteiger partial charge in [0.15, 0.2) is 11.5 Å². The van der Waals surface area contributed by atoms with E-state index in [9.17, 15) is 13.2 Å². The fraction of sp³-hybridized carbons (Fsp3) is 0.389. The van der Waals surface area contributed by atoms with Crippen LogP contribution in [0.4, 0.5) is 5.69 Å². The average molecular weight is 443 g/mol. The van der Waals surface area contributed by atoms with Crippen molar-refractivity contribution in [3.8, 4) is 11.5 Å². The number of piperidine rings is 1. The molecule has 1 aromatic heterocycles. The van der Waals surface area contributed by atoms with Crippen LogP contribution < -0.4 is 14.8 Å². The van der Waals surface area contributed by atoms with Gasteiger partial charge in [-0.15, -0.1) is 11.3 Å². The smallest absolute Gasteiger partial charge is 0.253 e. The van der Waals surface area contributed by atoms with Crippen LogP contribution in [0.5, 0.6) is 11.5 Å². The SMILES string of the molecule is O=C(Nc1ccc2c(c1)OCCO2)[C@@H]1CCCCN1S(=O)(=O)c1ccc(Cl)s1. The predicted molar refractivity (Wildman–Crippen MR) is 107 cm³/mol. The maximum atomic E-state index is 13.0. The Hall–Kier alpha value is -1.81. The van der Waals surface area contributed by atoms with E-state index in [0.29, 0.717) is 54.1 Å². The molecule has 1 N–H and O–H groups in total. The molecule has 7 nitrogen and oxygen atoms in total. The highest BCUT2D eigenvalue weighted by molar-refractivity contribution is 7.91. The Morgan fingerprint density at radius 1 is 1.14 bits per heavy atom. The van der Waals surface area contributed by atoms with E-state index in [1.54, 1.807) is 24.3 Å². The third-order valence-corrected chi connectivity index (χ3v) is 8.28. The molecule has 0 unspecified atom stereocenters. The molecule has 1 fully saturated rings. The van der Waals surface area contributed by atoms with Gasteiger partial charge in [-0.1, -0.05) is 18.0 Å². The lowest BCUT2D eigenvalue weighted by molar-refractivity contribution is -0.120. The van der Waals surface area contributed by atoms with Gasteiger partial charge in [-0.25, -0.2) is 8.42 Å². The summed E-state index contributed by atoms with van der Waals surface area (Å²) in [4.78, 5) is 12.9. The minimum absolute atomic E-state index is 0.150. The summed E-state index contributed by atoms with van der Waals surface area (Å²) in [5, 5.41) is 2.82. The molecule has 2 aliphatic heterocycles. The summed E-state index contributed by atoms with van der Waals surface area (Å²) in [5.41, 5.74) is 0.538. The molecule has 4 rings (SSSR count). The van der Waals surface area contributed by atoms with Crippen LogP contribution in [0.15, 0.2) is 34.5 Å². The number of fused-ring (bicyclic) bond motifs is 1. The Bertz CT molecular complexity index is 992. The van der Waals surface area contributed by atoms with Crippen LogP contribution >= 0.6 is 22.9 Å². The molecule has 28 heavy (non-hydrogen) atoms. The van der Waals surface area contributed by atoms with Crippen LogP contribution in [0.3, 0.4) is 0 Å². The maximum absolute atomic E-state index is 13.0. The maximum Gasteiger partial charge on any atom is 0.253 e. The number of nitrogens with zero attached hydrogens (tertiary/aromatic N) is 1. The molecule has 1 amide bonds. The highest BCUT2D eigenvalue weighted by Crippen LogP contribution is 2.34. The summed E-state index contributed by atoms with van der Waals surface area (Å²) in [6, 6.07) is 7.39. The number of carbonyl (C=O) groups is 1. The van der Waals surface area contributed by atoms with E-state index in [0.717, 1.165) is 17.8 Å². The number of halogens is 1. The molecule has 0 bridgehead atoms. The third kappa shape index (κ3) is 3.84. The Morgan fingerprint density at radius 3 is 2.68 bits per heavy atom. The van der Waals surface area contributed by atoms with Gasteiger partial charge in [-0.3, -0.25) is 4.79 Å². The van der Waals surface area contributed by atoms with E-state index in [-0.39, 0.29) is 10.1 Å². The minimum Gasteiger partial charge on any atom is -0.486 e. The first-order valence-electron chi connectivity index (χ1n) is 8.93. The predicted octanol–water partition coefficient (Wildman–Crippen LogP) is 3.35. The normalized spacial score (nSPS) is 20.0. The van der Waals surface area contributed by atoms with E-state index in [1.807, 2.05) is 0 Å². The van der Waals surface area contributed by atoms with Crippen LogP contribution in [-0.2, 0) is 14.8 Å². The Kier molecular flexibility index (Phi) is 5.50. The van der Waals surface area contributed by atoms with Crippen molar-refractivity contribution in [2.24, 2.45) is 0 Å². The zero-order valence-electron chi connectivity index (χ0n) is 14.9. The molecule has 1 saturated heterocycles. The van der Waals surface area contributed by atoms with Gasteiger partial charge in [-0.2, -0.15) is 4.31 Å². The lowest BCUT2D eigenvalue weighted by Gasteiger charge is -2.33. The second kappa shape index (κ2) is 7.90. The largest absolute Gasteiger partial charge is 0.486 e. The molecular formula is C18H19ClN2O5S2. The topological polar surface area (TPSA) is 84.9 Å². The first kappa shape index (κ1) is 19.5. The number of hydrogen-bond donors (Lipinski definition) is 1. The quantitative estimate of drug-likeness (QED) is 0.784. The van der Waals surface area contributed by atoms with E-state index >= 15 is 0 Å². The number of thiophene rings is 1. The molecular weight excluding hydrogens is 424 g/mol. The molecule has 2 aliphatic rings. The Labute approximate surface area is 172 Å². The first-order chi connectivity index (χ1) is 13.4. The molecule has 1 atom stereocenters. The van der Waals surface area contributed by atoms with Crippen molar-refractivity contribution in [2.45, 2.75) is 29.5 Å². The van der Waals surface area contributed by atoms with Gasteiger partial charge in [0.25, 0.3) is 10.0 Å². The number of carbonyl (C=O) groups excluding carboxylic acids is 1. The number of ether oxygens (including phenoxy) is 2. The molecule has 0 radical (unpaired) electrons. The number of rotatable bonds is 4. The van der Waals surface area contributed by atoms with Crippen molar-refractivity contribution >= 4 is 44.6 Å². The van der Waals surface area contributed by atoms with Crippen LogP contribution in [-0.4, -0.2) is 44.4 Å². The standard InChI is InChI=1S/C18H19ClN2O5S2/c19-16-6-7-17(27-16)28(23,24)21-8-2-1-3-13(21)18(22)20-12-4-5-14-15(11-12)26-10-9-25-14/h4-7,11,13H,1-3,8-10H2,(H,20,22)/t13-/m0/s1. The molecule has 0 saturated carbocycles. The van der Waals surface area contributed by atoms with Gasteiger partial charge in [0.2, 0.25) is 5.91 Å². The molecule has 10 heteroatoms. The zero-order chi connectivity index (χ0) is 19.7. The third-order valence-electron chi connectivity index (χ3n) is 4.68. The summed E-state index contributed by atoms with van der Waals surface area (Å²) < 4.78 is 38.9. The van der Waals surface area contributed by atoms with Crippen molar-refractivity contribution < 1.29 is 22.7 Å². The van der Waals surface area contributed by atoms with Crippen LogP contribution in [0.2, 0.25) is 4.34 Å². The van der Waals surface area contributed by atoms with E-state index < -0.39 is 16.1 Å². The summed E-state index contributed by atoms with van der Waals surface area (Å²) in [6.07, 6.45) is 1.97. The lowest BCUT2D eigenvalue weighted by atomic mass is 10.0. The number of sulfonamides is 1. The van der Waals surface area contributed by atoms with Crippen molar-refractivity contribution in [1.82, 2.24) is 4.31 Å². The van der Waals surface area contributed by atoms with Gasteiger partial charge in [0, 0.05) is 18.3 Å². The van der Waals surface area contributed by atoms with Crippen LogP contribution in [0.25, 0.3) is 0 Å². The fourth-order valence-electron chi connectivity index (χ4n) is 3.35.